The number of anilines is 2. The fraction of sp³-hybridized carbons (Fsp3) is 0.643. The summed E-state index contributed by atoms with van der Waals surface area (Å²) < 4.78 is 5.43. The van der Waals surface area contributed by atoms with E-state index in [-0.39, 0.29) is 0 Å². The predicted molar refractivity (Wildman–Crippen MR) is 78.1 cm³/mol. The molecule has 1 aliphatic heterocycles. The van der Waals surface area contributed by atoms with E-state index in [9.17, 15) is 0 Å². The number of hydrazine groups is 1. The molecule has 0 aromatic carbocycles. The molecular weight excluding hydrogens is 240 g/mol. The third-order valence-electron chi connectivity index (χ3n) is 3.61. The molecule has 3 N–H and O–H groups in total. The van der Waals surface area contributed by atoms with Crippen LogP contribution in [0.5, 0.6) is 5.88 Å². The second kappa shape index (κ2) is 6.10. The zero-order chi connectivity index (χ0) is 13.8. The van der Waals surface area contributed by atoms with Crippen molar-refractivity contribution >= 4 is 11.5 Å². The van der Waals surface area contributed by atoms with Crippen molar-refractivity contribution in [3.8, 4) is 5.88 Å². The largest absolute Gasteiger partial charge is 0.476 e. The molecule has 0 aliphatic carbocycles. The quantitative estimate of drug-likeness (QED) is 0.875. The number of aromatic nitrogens is 1. The number of hydrogen-bond donors (Lipinski definition) is 2. The van der Waals surface area contributed by atoms with Gasteiger partial charge in [-0.25, -0.2) is 5.01 Å². The molecule has 1 aromatic heterocycles. The zero-order valence-corrected chi connectivity index (χ0v) is 12.0. The molecule has 0 saturated carbocycles. The third kappa shape index (κ3) is 3.29. The highest BCUT2D eigenvalue weighted by Crippen LogP contribution is 2.25. The minimum atomic E-state index is 0.504. The number of nitrogen functional groups attached to an aromatic ring is 1. The van der Waals surface area contributed by atoms with Gasteiger partial charge in [-0.05, 0) is 45.7 Å². The Hall–Kier alpha value is -1.49. The summed E-state index contributed by atoms with van der Waals surface area (Å²) in [6, 6.07) is 4.75. The topological polar surface area (TPSA) is 63.4 Å². The first kappa shape index (κ1) is 13.9. The predicted octanol–water partition coefficient (Wildman–Crippen LogP) is 2.65. The van der Waals surface area contributed by atoms with Gasteiger partial charge in [0.25, 0.3) is 0 Å². The first-order valence-electron chi connectivity index (χ1n) is 7.06. The van der Waals surface area contributed by atoms with Crippen LogP contribution in [-0.4, -0.2) is 28.7 Å². The number of piperidine rings is 1. The van der Waals surface area contributed by atoms with E-state index in [1.54, 1.807) is 0 Å². The van der Waals surface area contributed by atoms with Gasteiger partial charge < -0.3 is 15.9 Å². The summed E-state index contributed by atoms with van der Waals surface area (Å²) in [5.41, 5.74) is 9.80. The van der Waals surface area contributed by atoms with Crippen molar-refractivity contribution in [2.75, 3.05) is 17.8 Å². The van der Waals surface area contributed by atoms with Crippen molar-refractivity contribution in [1.82, 2.24) is 9.99 Å². The molecule has 2 unspecified atom stereocenters. The van der Waals surface area contributed by atoms with Crippen molar-refractivity contribution in [2.24, 2.45) is 0 Å². The van der Waals surface area contributed by atoms with Crippen molar-refractivity contribution in [3.05, 3.63) is 12.1 Å². The lowest BCUT2D eigenvalue weighted by Crippen LogP contribution is -2.47. The molecular formula is C14H24N4O. The first-order valence-corrected chi connectivity index (χ1v) is 7.06. The van der Waals surface area contributed by atoms with Crippen LogP contribution >= 0.6 is 0 Å². The number of rotatable bonds is 4. The average molecular weight is 264 g/mol. The van der Waals surface area contributed by atoms with Crippen LogP contribution < -0.4 is 15.9 Å². The molecule has 1 aromatic rings. The maximum absolute atomic E-state index is 5.83. The van der Waals surface area contributed by atoms with Crippen LogP contribution in [0.1, 0.15) is 40.0 Å². The van der Waals surface area contributed by atoms with Crippen LogP contribution in [0.4, 0.5) is 11.5 Å². The Morgan fingerprint density at radius 3 is 2.68 bits per heavy atom. The summed E-state index contributed by atoms with van der Waals surface area (Å²) >= 11 is 0. The van der Waals surface area contributed by atoms with Gasteiger partial charge in [0.05, 0.1) is 12.3 Å². The monoisotopic (exact) mass is 264 g/mol. The lowest BCUT2D eigenvalue weighted by molar-refractivity contribution is 0.135. The van der Waals surface area contributed by atoms with Crippen molar-refractivity contribution in [3.63, 3.8) is 0 Å². The highest BCUT2D eigenvalue weighted by Gasteiger charge is 2.25. The zero-order valence-electron chi connectivity index (χ0n) is 12.0. The third-order valence-corrected chi connectivity index (χ3v) is 3.61. The number of ether oxygens (including phenoxy) is 1. The molecule has 0 amide bonds. The molecule has 0 radical (unpaired) electrons. The van der Waals surface area contributed by atoms with Crippen LogP contribution in [-0.2, 0) is 0 Å². The Kier molecular flexibility index (Phi) is 4.47. The number of nitrogens with one attached hydrogen (secondary N) is 1. The Morgan fingerprint density at radius 2 is 2.05 bits per heavy atom. The minimum absolute atomic E-state index is 0.504. The molecule has 2 heterocycles. The van der Waals surface area contributed by atoms with Gasteiger partial charge in [0.2, 0.25) is 5.88 Å². The van der Waals surface area contributed by atoms with Crippen LogP contribution in [0.15, 0.2) is 12.1 Å². The number of nitrogens with two attached hydrogens (primary N) is 1. The second-order valence-corrected chi connectivity index (χ2v) is 5.17. The lowest BCUT2D eigenvalue weighted by atomic mass is 10.00. The number of nitrogens with zero attached hydrogens (tertiary/aromatic N) is 2. The molecule has 0 bridgehead atoms. The van der Waals surface area contributed by atoms with Gasteiger partial charge in [0.15, 0.2) is 0 Å². The Bertz CT molecular complexity index is 414. The van der Waals surface area contributed by atoms with Gasteiger partial charge in [-0.1, -0.05) is 6.42 Å². The standard InChI is InChI=1S/C14H24N4O/c1-4-19-14-12(15)8-9-13(16-14)17-18-10(2)6-5-7-11(18)3/h8-11H,4-7,15H2,1-3H3,(H,16,17). The molecule has 0 spiro atoms. The van der Waals surface area contributed by atoms with Crippen molar-refractivity contribution in [2.45, 2.75) is 52.1 Å². The van der Waals surface area contributed by atoms with E-state index >= 15 is 0 Å². The Balaban J connectivity index is 2.11. The van der Waals surface area contributed by atoms with Gasteiger partial charge in [0.1, 0.15) is 5.82 Å². The van der Waals surface area contributed by atoms with Crippen molar-refractivity contribution in [1.29, 1.82) is 0 Å². The molecule has 5 nitrogen and oxygen atoms in total. The maximum Gasteiger partial charge on any atom is 0.239 e. The summed E-state index contributed by atoms with van der Waals surface area (Å²) in [6.07, 6.45) is 3.72. The Morgan fingerprint density at radius 1 is 1.37 bits per heavy atom. The SMILES string of the molecule is CCOc1nc(NN2C(C)CCCC2C)ccc1N. The van der Waals surface area contributed by atoms with Gasteiger partial charge in [-0.2, -0.15) is 4.98 Å². The molecule has 106 valence electrons. The molecule has 5 heteroatoms. The van der Waals surface area contributed by atoms with E-state index < -0.39 is 0 Å². The van der Waals surface area contributed by atoms with E-state index in [4.69, 9.17) is 10.5 Å². The van der Waals surface area contributed by atoms with E-state index in [0.29, 0.717) is 30.3 Å². The van der Waals surface area contributed by atoms with Gasteiger partial charge >= 0.3 is 0 Å². The summed E-state index contributed by atoms with van der Waals surface area (Å²) in [6.45, 7) is 6.97. The highest BCUT2D eigenvalue weighted by atomic mass is 16.5. The fourth-order valence-electron chi connectivity index (χ4n) is 2.54. The van der Waals surface area contributed by atoms with Gasteiger partial charge in [-0.15, -0.1) is 0 Å². The summed E-state index contributed by atoms with van der Waals surface area (Å²) in [5, 5.41) is 2.28. The summed E-state index contributed by atoms with van der Waals surface area (Å²) in [5.74, 6) is 1.29. The van der Waals surface area contributed by atoms with Gasteiger partial charge in [-0.3, -0.25) is 0 Å². The van der Waals surface area contributed by atoms with Crippen molar-refractivity contribution < 1.29 is 4.74 Å². The minimum Gasteiger partial charge on any atom is -0.476 e. The second-order valence-electron chi connectivity index (χ2n) is 5.17. The number of pyridine rings is 1. The fourth-order valence-corrected chi connectivity index (χ4v) is 2.54. The maximum atomic E-state index is 5.83. The van der Waals surface area contributed by atoms with E-state index in [0.717, 1.165) is 5.82 Å². The van der Waals surface area contributed by atoms with Crippen LogP contribution in [0, 0.1) is 0 Å². The Labute approximate surface area is 115 Å². The lowest BCUT2D eigenvalue weighted by Gasteiger charge is -2.39. The van der Waals surface area contributed by atoms with E-state index in [2.05, 4.69) is 29.3 Å². The molecule has 1 fully saturated rings. The normalized spacial score (nSPS) is 24.2. The average Bonchev–Trinajstić information content (AvgIpc) is 2.38. The van der Waals surface area contributed by atoms with Crippen LogP contribution in [0.3, 0.4) is 0 Å². The molecule has 1 aliphatic rings. The highest BCUT2D eigenvalue weighted by molar-refractivity contribution is 5.53. The van der Waals surface area contributed by atoms with Crippen LogP contribution in [0.25, 0.3) is 0 Å². The smallest absolute Gasteiger partial charge is 0.239 e. The van der Waals surface area contributed by atoms with Crippen LogP contribution in [0.2, 0.25) is 0 Å². The summed E-state index contributed by atoms with van der Waals surface area (Å²) in [7, 11) is 0. The molecule has 2 atom stereocenters. The molecule has 2 rings (SSSR count). The first-order chi connectivity index (χ1) is 9.11. The molecule has 19 heavy (non-hydrogen) atoms. The number of hydrogen-bond acceptors (Lipinski definition) is 5. The molecule has 1 saturated heterocycles. The van der Waals surface area contributed by atoms with E-state index in [1.165, 1.54) is 19.3 Å². The summed E-state index contributed by atoms with van der Waals surface area (Å²) in [4.78, 5) is 4.43. The van der Waals surface area contributed by atoms with E-state index in [1.807, 2.05) is 19.1 Å². The van der Waals surface area contributed by atoms with Gasteiger partial charge in [0, 0.05) is 12.1 Å².